The Morgan fingerprint density at radius 3 is 2.37 bits per heavy atom. The molecule has 144 valence electrons. The van der Waals surface area contributed by atoms with Crippen LogP contribution in [0.2, 0.25) is 0 Å². The zero-order valence-corrected chi connectivity index (χ0v) is 15.6. The number of nitrogens with one attached hydrogen (secondary N) is 1. The molecule has 0 atom stereocenters. The van der Waals surface area contributed by atoms with Crippen molar-refractivity contribution in [1.29, 1.82) is 0 Å². The number of anilines is 1. The Morgan fingerprint density at radius 1 is 1.07 bits per heavy atom. The van der Waals surface area contributed by atoms with Gasteiger partial charge in [-0.1, -0.05) is 17.7 Å². The molecular formula is C20H23NO6. The summed E-state index contributed by atoms with van der Waals surface area (Å²) in [5.41, 5.74) is 3.19. The van der Waals surface area contributed by atoms with Crippen LogP contribution in [0.4, 0.5) is 10.5 Å². The molecule has 2 aromatic carbocycles. The number of benzene rings is 2. The van der Waals surface area contributed by atoms with Gasteiger partial charge in [0, 0.05) is 11.3 Å². The fourth-order valence-corrected chi connectivity index (χ4v) is 2.75. The van der Waals surface area contributed by atoms with E-state index in [-0.39, 0.29) is 6.61 Å². The zero-order valence-electron chi connectivity index (χ0n) is 15.6. The molecule has 0 saturated carbocycles. The molecule has 2 aromatic rings. The van der Waals surface area contributed by atoms with Crippen molar-refractivity contribution in [3.63, 3.8) is 0 Å². The van der Waals surface area contributed by atoms with Gasteiger partial charge in [-0.25, -0.2) is 4.79 Å². The third-order valence-electron chi connectivity index (χ3n) is 4.17. The van der Waals surface area contributed by atoms with Crippen molar-refractivity contribution in [1.82, 2.24) is 0 Å². The topological polar surface area (TPSA) is 75.2 Å². The summed E-state index contributed by atoms with van der Waals surface area (Å²) in [6.07, 6.45) is -1.04. The first-order chi connectivity index (χ1) is 13.1. The van der Waals surface area contributed by atoms with E-state index in [1.165, 1.54) is 0 Å². The lowest BCUT2D eigenvalue weighted by Crippen LogP contribution is -2.14. The highest BCUT2D eigenvalue weighted by Gasteiger charge is 2.24. The van der Waals surface area contributed by atoms with Gasteiger partial charge >= 0.3 is 6.09 Å². The second kappa shape index (κ2) is 8.75. The summed E-state index contributed by atoms with van der Waals surface area (Å²) in [6.45, 7) is 3.07. The molecule has 1 aliphatic heterocycles. The summed E-state index contributed by atoms with van der Waals surface area (Å²) in [5, 5.41) is 2.69. The lowest BCUT2D eigenvalue weighted by atomic mass is 10.1. The molecule has 1 aliphatic rings. The molecule has 7 heteroatoms. The van der Waals surface area contributed by atoms with E-state index in [1.807, 2.05) is 31.2 Å². The van der Waals surface area contributed by atoms with E-state index in [4.69, 9.17) is 23.7 Å². The lowest BCUT2D eigenvalue weighted by molar-refractivity contribution is -0.0456. The van der Waals surface area contributed by atoms with Crippen LogP contribution < -0.4 is 14.8 Å². The summed E-state index contributed by atoms with van der Waals surface area (Å²) < 4.78 is 27.3. The lowest BCUT2D eigenvalue weighted by Gasteiger charge is -2.18. The van der Waals surface area contributed by atoms with Gasteiger partial charge in [-0.3, -0.25) is 5.32 Å². The normalized spacial score (nSPS) is 14.0. The predicted molar refractivity (Wildman–Crippen MR) is 99.2 cm³/mol. The fraction of sp³-hybridized carbons (Fsp3) is 0.350. The number of rotatable bonds is 6. The van der Waals surface area contributed by atoms with Gasteiger partial charge in [0.15, 0.2) is 6.29 Å². The number of aryl methyl sites for hydroxylation is 1. The maximum Gasteiger partial charge on any atom is 0.411 e. The van der Waals surface area contributed by atoms with Crippen molar-refractivity contribution in [2.75, 3.05) is 32.8 Å². The number of hydrogen-bond donors (Lipinski definition) is 1. The summed E-state index contributed by atoms with van der Waals surface area (Å²) in [4.78, 5) is 12.1. The van der Waals surface area contributed by atoms with Crippen molar-refractivity contribution in [3.05, 3.63) is 53.1 Å². The van der Waals surface area contributed by atoms with Crippen LogP contribution in [0.25, 0.3) is 0 Å². The molecule has 0 unspecified atom stereocenters. The minimum atomic E-state index is -0.550. The number of methoxy groups -OCH3 is 2. The van der Waals surface area contributed by atoms with Gasteiger partial charge in [-0.05, 0) is 31.2 Å². The molecule has 0 bridgehead atoms. The van der Waals surface area contributed by atoms with Crippen LogP contribution >= 0.6 is 0 Å². The van der Waals surface area contributed by atoms with Crippen LogP contribution in [0, 0.1) is 6.92 Å². The van der Waals surface area contributed by atoms with E-state index < -0.39 is 12.4 Å². The maximum atomic E-state index is 12.1. The molecule has 7 nitrogen and oxygen atoms in total. The largest absolute Gasteiger partial charge is 0.496 e. The molecular weight excluding hydrogens is 350 g/mol. The summed E-state index contributed by atoms with van der Waals surface area (Å²) in [6, 6.07) is 11.0. The van der Waals surface area contributed by atoms with Crippen LogP contribution in [0.5, 0.6) is 11.5 Å². The van der Waals surface area contributed by atoms with Crippen molar-refractivity contribution in [2.24, 2.45) is 0 Å². The van der Waals surface area contributed by atoms with E-state index in [0.29, 0.717) is 36.0 Å². The number of amides is 1. The van der Waals surface area contributed by atoms with Gasteiger partial charge in [0.05, 0.1) is 33.0 Å². The number of ether oxygens (including phenoxy) is 5. The molecule has 3 rings (SSSR count). The standard InChI is InChI=1S/C20H23NO6/c1-13-4-6-15(7-5-13)21-20(22)27-12-14-10-18(24-3)16(11-17(14)23-2)19-25-8-9-26-19/h4-7,10-11,19H,8-9,12H2,1-3H3,(H,21,22). The Hall–Kier alpha value is -2.77. The second-order valence-electron chi connectivity index (χ2n) is 6.05. The summed E-state index contributed by atoms with van der Waals surface area (Å²) in [5.74, 6) is 1.15. The van der Waals surface area contributed by atoms with Crippen molar-refractivity contribution in [2.45, 2.75) is 19.8 Å². The zero-order chi connectivity index (χ0) is 19.2. The van der Waals surface area contributed by atoms with Crippen LogP contribution in [-0.2, 0) is 20.8 Å². The fourth-order valence-electron chi connectivity index (χ4n) is 2.75. The number of hydrogen-bond acceptors (Lipinski definition) is 6. The van der Waals surface area contributed by atoms with E-state index >= 15 is 0 Å². The van der Waals surface area contributed by atoms with Crippen LogP contribution in [0.15, 0.2) is 36.4 Å². The highest BCUT2D eigenvalue weighted by Crippen LogP contribution is 2.36. The van der Waals surface area contributed by atoms with E-state index in [2.05, 4.69) is 5.32 Å². The first-order valence-electron chi connectivity index (χ1n) is 8.59. The number of carbonyl (C=O) groups excluding carboxylic acids is 1. The second-order valence-corrected chi connectivity index (χ2v) is 6.05. The highest BCUT2D eigenvalue weighted by atomic mass is 16.7. The molecule has 1 amide bonds. The number of carbonyl (C=O) groups is 1. The van der Waals surface area contributed by atoms with Gasteiger partial charge in [-0.2, -0.15) is 0 Å². The third-order valence-corrected chi connectivity index (χ3v) is 4.17. The Labute approximate surface area is 158 Å². The van der Waals surface area contributed by atoms with E-state index in [9.17, 15) is 4.79 Å². The Balaban J connectivity index is 1.69. The van der Waals surface area contributed by atoms with Gasteiger partial charge < -0.3 is 23.7 Å². The van der Waals surface area contributed by atoms with Gasteiger partial charge in [0.25, 0.3) is 0 Å². The van der Waals surface area contributed by atoms with Gasteiger partial charge in [0.1, 0.15) is 18.1 Å². The molecule has 1 fully saturated rings. The smallest absolute Gasteiger partial charge is 0.411 e. The Kier molecular flexibility index (Phi) is 6.16. The van der Waals surface area contributed by atoms with Gasteiger partial charge in [-0.15, -0.1) is 0 Å². The molecule has 1 heterocycles. The molecule has 0 aromatic heterocycles. The highest BCUT2D eigenvalue weighted by molar-refractivity contribution is 5.84. The quantitative estimate of drug-likeness (QED) is 0.830. The first kappa shape index (κ1) is 19.0. The maximum absolute atomic E-state index is 12.1. The van der Waals surface area contributed by atoms with Crippen LogP contribution in [0.3, 0.4) is 0 Å². The Morgan fingerprint density at radius 2 is 1.74 bits per heavy atom. The Bertz CT molecular complexity index is 784. The van der Waals surface area contributed by atoms with Crippen molar-refractivity contribution < 1.29 is 28.5 Å². The molecule has 0 aliphatic carbocycles. The predicted octanol–water partition coefficient (Wildman–Crippen LogP) is 3.81. The minimum absolute atomic E-state index is 0.0316. The molecule has 0 radical (unpaired) electrons. The summed E-state index contributed by atoms with van der Waals surface area (Å²) >= 11 is 0. The molecule has 0 spiro atoms. The van der Waals surface area contributed by atoms with Crippen LogP contribution in [-0.4, -0.2) is 33.5 Å². The van der Waals surface area contributed by atoms with E-state index in [1.54, 1.807) is 26.4 Å². The van der Waals surface area contributed by atoms with Crippen LogP contribution in [0.1, 0.15) is 23.0 Å². The van der Waals surface area contributed by atoms with Gasteiger partial charge in [0.2, 0.25) is 0 Å². The average molecular weight is 373 g/mol. The third kappa shape index (κ3) is 4.69. The monoisotopic (exact) mass is 373 g/mol. The summed E-state index contributed by atoms with van der Waals surface area (Å²) in [7, 11) is 3.12. The average Bonchev–Trinajstić information content (AvgIpc) is 3.22. The molecule has 1 saturated heterocycles. The SMILES string of the molecule is COc1cc(C2OCCO2)c(OC)cc1COC(=O)Nc1ccc(C)cc1. The first-order valence-corrected chi connectivity index (χ1v) is 8.59. The molecule has 27 heavy (non-hydrogen) atoms. The minimum Gasteiger partial charge on any atom is -0.496 e. The molecule has 1 N–H and O–H groups in total. The van der Waals surface area contributed by atoms with E-state index in [0.717, 1.165) is 11.1 Å². The van der Waals surface area contributed by atoms with Crippen molar-refractivity contribution >= 4 is 11.8 Å². The van der Waals surface area contributed by atoms with Crippen molar-refractivity contribution in [3.8, 4) is 11.5 Å².